The maximum Gasteiger partial charge on any atom is 0.274 e. The zero-order chi connectivity index (χ0) is 20.2. The number of imide groups is 1. The van der Waals surface area contributed by atoms with Crippen molar-refractivity contribution in [1.82, 2.24) is 15.2 Å². The zero-order valence-corrected chi connectivity index (χ0v) is 16.2. The number of aromatic hydroxyl groups is 1. The number of aromatic nitrogens is 1. The number of hydrogen-bond acceptors (Lipinski definition) is 6. The van der Waals surface area contributed by atoms with E-state index in [9.17, 15) is 19.5 Å². The van der Waals surface area contributed by atoms with Crippen LogP contribution in [0, 0.1) is 29.6 Å². The minimum atomic E-state index is -0.499. The molecule has 2 heterocycles. The van der Waals surface area contributed by atoms with Gasteiger partial charge in [0.25, 0.3) is 5.91 Å². The van der Waals surface area contributed by atoms with Crippen molar-refractivity contribution in [2.24, 2.45) is 29.6 Å². The summed E-state index contributed by atoms with van der Waals surface area (Å²) >= 11 is 0. The van der Waals surface area contributed by atoms with Crippen molar-refractivity contribution in [3.63, 3.8) is 0 Å². The molecular weight excluding hydrogens is 362 g/mol. The van der Waals surface area contributed by atoms with E-state index in [1.165, 1.54) is 24.3 Å². The first-order valence-corrected chi connectivity index (χ1v) is 9.71. The molecule has 5 unspecified atom stereocenters. The van der Waals surface area contributed by atoms with Gasteiger partial charge in [0, 0.05) is 24.8 Å². The minimum absolute atomic E-state index is 0.0481. The quantitative estimate of drug-likeness (QED) is 0.735. The molecule has 1 aliphatic heterocycles. The van der Waals surface area contributed by atoms with Crippen molar-refractivity contribution in [3.05, 3.63) is 18.0 Å². The first-order valence-electron chi connectivity index (χ1n) is 9.71. The molecule has 1 aromatic heterocycles. The Bertz CT molecular complexity index is 839. The molecule has 150 valence electrons. The number of nitrogens with zero attached hydrogens (tertiary/aromatic N) is 2. The minimum Gasteiger partial charge on any atom is -0.503 e. The second-order valence-electron chi connectivity index (χ2n) is 8.42. The Hall–Kier alpha value is -2.64. The Labute approximate surface area is 163 Å². The van der Waals surface area contributed by atoms with Crippen LogP contribution in [0.3, 0.4) is 0 Å². The molecule has 3 amide bonds. The molecule has 0 aromatic carbocycles. The van der Waals surface area contributed by atoms with Crippen molar-refractivity contribution < 1.29 is 24.2 Å². The number of nitrogens with one attached hydrogen (secondary N) is 1. The normalized spacial score (nSPS) is 30.9. The molecule has 2 N–H and O–H groups in total. The number of pyridine rings is 1. The molecule has 1 saturated heterocycles. The summed E-state index contributed by atoms with van der Waals surface area (Å²) in [6.45, 7) is 4.42. The summed E-state index contributed by atoms with van der Waals surface area (Å²) in [6, 6.07) is 1.27. The number of ether oxygens (including phenoxy) is 1. The third-order valence-electron chi connectivity index (χ3n) is 6.29. The van der Waals surface area contributed by atoms with E-state index in [1.807, 2.05) is 13.8 Å². The molecule has 5 atom stereocenters. The molecule has 8 heteroatoms. The first kappa shape index (κ1) is 18.7. The number of carbonyl (C=O) groups is 3. The Morgan fingerprint density at radius 2 is 2.04 bits per heavy atom. The van der Waals surface area contributed by atoms with E-state index >= 15 is 0 Å². The van der Waals surface area contributed by atoms with Crippen molar-refractivity contribution >= 4 is 17.7 Å². The van der Waals surface area contributed by atoms with Crippen LogP contribution in [0.15, 0.2) is 12.3 Å². The molecule has 8 nitrogen and oxygen atoms in total. The summed E-state index contributed by atoms with van der Waals surface area (Å²) < 4.78 is 5.02. The van der Waals surface area contributed by atoms with Crippen LogP contribution in [0.25, 0.3) is 0 Å². The standard InChI is InChI=1S/C20H25N3O5/c1-9(2)8-23-19(26)14-10-6-11(15(14)20(23)27)12(7-10)22-18(25)16-17(24)13(28-3)4-5-21-16/h4-5,9-12,14-15,24H,6-8H2,1-3H3,(H,22,25). The number of methoxy groups -OCH3 is 1. The summed E-state index contributed by atoms with van der Waals surface area (Å²) in [5.41, 5.74) is -0.103. The lowest BCUT2D eigenvalue weighted by Gasteiger charge is -2.29. The molecule has 1 aromatic rings. The van der Waals surface area contributed by atoms with Crippen molar-refractivity contribution in [1.29, 1.82) is 0 Å². The lowest BCUT2D eigenvalue weighted by molar-refractivity contribution is -0.141. The van der Waals surface area contributed by atoms with Crippen LogP contribution in [0.5, 0.6) is 11.5 Å². The number of hydrogen-bond donors (Lipinski definition) is 2. The van der Waals surface area contributed by atoms with E-state index in [0.717, 1.165) is 6.42 Å². The number of fused-ring (bicyclic) bond motifs is 5. The van der Waals surface area contributed by atoms with E-state index < -0.39 is 5.91 Å². The lowest BCUT2D eigenvalue weighted by Crippen LogP contribution is -2.44. The Morgan fingerprint density at radius 3 is 2.71 bits per heavy atom. The highest BCUT2D eigenvalue weighted by molar-refractivity contribution is 6.06. The highest BCUT2D eigenvalue weighted by Gasteiger charge is 2.63. The second kappa shape index (κ2) is 6.76. The third kappa shape index (κ3) is 2.73. The van der Waals surface area contributed by atoms with Crippen LogP contribution >= 0.6 is 0 Å². The second-order valence-corrected chi connectivity index (χ2v) is 8.42. The van der Waals surface area contributed by atoms with E-state index in [4.69, 9.17) is 4.74 Å². The summed E-state index contributed by atoms with van der Waals surface area (Å²) in [6.07, 6.45) is 2.83. The van der Waals surface area contributed by atoms with Crippen LogP contribution in [-0.2, 0) is 9.59 Å². The predicted molar refractivity (Wildman–Crippen MR) is 98.5 cm³/mol. The van der Waals surface area contributed by atoms with Gasteiger partial charge in [0.2, 0.25) is 11.8 Å². The van der Waals surface area contributed by atoms with Crippen molar-refractivity contribution in [3.8, 4) is 11.5 Å². The summed E-state index contributed by atoms with van der Waals surface area (Å²) in [4.78, 5) is 43.7. The highest BCUT2D eigenvalue weighted by Crippen LogP contribution is 2.56. The molecule has 3 aliphatic rings. The monoisotopic (exact) mass is 387 g/mol. The number of likely N-dealkylation sites (tertiary alicyclic amines) is 1. The van der Waals surface area contributed by atoms with E-state index in [1.54, 1.807) is 0 Å². The topological polar surface area (TPSA) is 109 Å². The average molecular weight is 387 g/mol. The Balaban J connectivity index is 1.51. The van der Waals surface area contributed by atoms with Gasteiger partial charge < -0.3 is 15.2 Å². The molecule has 4 rings (SSSR count). The molecule has 3 fully saturated rings. The smallest absolute Gasteiger partial charge is 0.274 e. The lowest BCUT2D eigenvalue weighted by atomic mass is 9.78. The maximum atomic E-state index is 12.9. The zero-order valence-electron chi connectivity index (χ0n) is 16.2. The fraction of sp³-hybridized carbons (Fsp3) is 0.600. The third-order valence-corrected chi connectivity index (χ3v) is 6.29. The van der Waals surface area contributed by atoms with Gasteiger partial charge in [-0.25, -0.2) is 4.98 Å². The van der Waals surface area contributed by atoms with Gasteiger partial charge in [-0.1, -0.05) is 13.8 Å². The van der Waals surface area contributed by atoms with E-state index in [0.29, 0.717) is 13.0 Å². The van der Waals surface area contributed by atoms with Crippen LogP contribution in [-0.4, -0.2) is 52.4 Å². The molecule has 0 radical (unpaired) electrons. The highest BCUT2D eigenvalue weighted by atomic mass is 16.5. The predicted octanol–water partition coefficient (Wildman–Crippen LogP) is 1.19. The summed E-state index contributed by atoms with van der Waals surface area (Å²) in [5, 5.41) is 13.1. The molecule has 2 saturated carbocycles. The fourth-order valence-electron chi connectivity index (χ4n) is 5.24. The average Bonchev–Trinajstić information content (AvgIpc) is 3.29. The van der Waals surface area contributed by atoms with Gasteiger partial charge >= 0.3 is 0 Å². The molecule has 28 heavy (non-hydrogen) atoms. The van der Waals surface area contributed by atoms with Gasteiger partial charge in [-0.15, -0.1) is 0 Å². The number of carbonyl (C=O) groups excluding carboxylic acids is 3. The molecule has 2 bridgehead atoms. The first-order chi connectivity index (χ1) is 13.3. The van der Waals surface area contributed by atoms with Crippen molar-refractivity contribution in [2.75, 3.05) is 13.7 Å². The summed E-state index contributed by atoms with van der Waals surface area (Å²) in [7, 11) is 1.40. The molecular formula is C20H25N3O5. The van der Waals surface area contributed by atoms with Gasteiger partial charge in [0.1, 0.15) is 0 Å². The van der Waals surface area contributed by atoms with Crippen molar-refractivity contribution in [2.45, 2.75) is 32.7 Å². The molecule has 0 spiro atoms. The summed E-state index contributed by atoms with van der Waals surface area (Å²) in [5.74, 6) is -1.09. The van der Waals surface area contributed by atoms with E-state index in [-0.39, 0.29) is 64.6 Å². The maximum absolute atomic E-state index is 12.9. The number of amides is 3. The molecule has 2 aliphatic carbocycles. The Morgan fingerprint density at radius 1 is 1.32 bits per heavy atom. The van der Waals surface area contributed by atoms with Gasteiger partial charge in [-0.05, 0) is 30.6 Å². The number of rotatable bonds is 5. The fourth-order valence-corrected chi connectivity index (χ4v) is 5.24. The van der Waals surface area contributed by atoms with E-state index in [2.05, 4.69) is 10.3 Å². The van der Waals surface area contributed by atoms with Gasteiger partial charge in [-0.3, -0.25) is 19.3 Å². The Kier molecular flexibility index (Phi) is 4.51. The largest absolute Gasteiger partial charge is 0.503 e. The SMILES string of the molecule is COc1ccnc(C(=O)NC2CC3CC2C2C(=O)N(CC(C)C)C(=O)C32)c1O. The van der Waals surface area contributed by atoms with Gasteiger partial charge in [0.15, 0.2) is 17.2 Å². The van der Waals surface area contributed by atoms with Gasteiger partial charge in [-0.2, -0.15) is 0 Å². The van der Waals surface area contributed by atoms with Gasteiger partial charge in [0.05, 0.1) is 18.9 Å². The van der Waals surface area contributed by atoms with Crippen LogP contribution in [0.2, 0.25) is 0 Å². The van der Waals surface area contributed by atoms with Crippen LogP contribution in [0.1, 0.15) is 37.2 Å². The van der Waals surface area contributed by atoms with Crippen LogP contribution in [0.4, 0.5) is 0 Å². The van der Waals surface area contributed by atoms with Crippen LogP contribution < -0.4 is 10.1 Å².